The minimum absolute atomic E-state index is 0.00366. The van der Waals surface area contributed by atoms with Gasteiger partial charge in [0.05, 0.1) is 5.92 Å². The maximum Gasteiger partial charge on any atom is 0.166 e. The number of Topliss-reactive ketones (excluding diaryl/α,β-unsaturated/α-hetero) is 1. The lowest BCUT2D eigenvalue weighted by Crippen LogP contribution is -2.35. The van der Waals surface area contributed by atoms with Crippen molar-refractivity contribution in [1.29, 1.82) is 0 Å². The van der Waals surface area contributed by atoms with Crippen LogP contribution in [0.4, 0.5) is 0 Å². The SMILES string of the molecule is CC(C)=CC(=O)C1CC(C(C)(C)C)CCC1=O. The minimum atomic E-state index is -0.386. The van der Waals surface area contributed by atoms with Gasteiger partial charge < -0.3 is 0 Å². The van der Waals surface area contributed by atoms with Gasteiger partial charge in [-0.3, -0.25) is 9.59 Å². The zero-order valence-corrected chi connectivity index (χ0v) is 11.7. The Morgan fingerprint density at radius 2 is 1.88 bits per heavy atom. The molecule has 0 radical (unpaired) electrons. The molecule has 0 aromatic rings. The highest BCUT2D eigenvalue weighted by molar-refractivity contribution is 6.08. The molecule has 2 atom stereocenters. The van der Waals surface area contributed by atoms with Crippen LogP contribution in [0.3, 0.4) is 0 Å². The summed E-state index contributed by atoms with van der Waals surface area (Å²) in [5.41, 5.74) is 1.16. The second-order valence-corrected chi connectivity index (χ2v) is 6.48. The van der Waals surface area contributed by atoms with Crippen molar-refractivity contribution in [2.75, 3.05) is 0 Å². The molecule has 0 spiro atoms. The van der Waals surface area contributed by atoms with Crippen molar-refractivity contribution in [2.45, 2.75) is 53.9 Å². The van der Waals surface area contributed by atoms with Crippen LogP contribution in [0.5, 0.6) is 0 Å². The molecular weight excluding hydrogens is 212 g/mol. The number of carbonyl (C=O) groups is 2. The lowest BCUT2D eigenvalue weighted by Gasteiger charge is -2.36. The van der Waals surface area contributed by atoms with E-state index in [9.17, 15) is 9.59 Å². The van der Waals surface area contributed by atoms with Crippen LogP contribution in [0.2, 0.25) is 0 Å². The first-order valence-electron chi connectivity index (χ1n) is 6.43. The Balaban J connectivity index is 2.81. The Kier molecular flexibility index (Phi) is 4.29. The summed E-state index contributed by atoms with van der Waals surface area (Å²) in [6.07, 6.45) is 3.84. The fourth-order valence-electron chi connectivity index (χ4n) is 2.47. The van der Waals surface area contributed by atoms with Crippen LogP contribution in [0.1, 0.15) is 53.9 Å². The first-order chi connectivity index (χ1) is 7.71. The molecule has 1 rings (SSSR count). The first-order valence-corrected chi connectivity index (χ1v) is 6.43. The number of allylic oxidation sites excluding steroid dienone is 2. The zero-order valence-electron chi connectivity index (χ0n) is 11.7. The van der Waals surface area contributed by atoms with E-state index in [0.717, 1.165) is 18.4 Å². The topological polar surface area (TPSA) is 34.1 Å². The van der Waals surface area contributed by atoms with Crippen LogP contribution in [-0.4, -0.2) is 11.6 Å². The lowest BCUT2D eigenvalue weighted by molar-refractivity contribution is -0.134. The maximum absolute atomic E-state index is 12.0. The monoisotopic (exact) mass is 236 g/mol. The van der Waals surface area contributed by atoms with Crippen molar-refractivity contribution in [2.24, 2.45) is 17.3 Å². The van der Waals surface area contributed by atoms with E-state index in [4.69, 9.17) is 0 Å². The third-order valence-corrected chi connectivity index (χ3v) is 3.65. The number of hydrogen-bond acceptors (Lipinski definition) is 2. The molecule has 0 N–H and O–H groups in total. The molecule has 0 amide bonds. The summed E-state index contributed by atoms with van der Waals surface area (Å²) in [7, 11) is 0. The first kappa shape index (κ1) is 14.1. The molecule has 0 aliphatic heterocycles. The predicted octanol–water partition coefficient (Wildman–Crippen LogP) is 3.55. The largest absolute Gasteiger partial charge is 0.299 e. The molecule has 1 fully saturated rings. The molecule has 1 saturated carbocycles. The molecule has 2 nitrogen and oxygen atoms in total. The van der Waals surface area contributed by atoms with E-state index in [1.807, 2.05) is 13.8 Å². The maximum atomic E-state index is 12.0. The Morgan fingerprint density at radius 1 is 1.29 bits per heavy atom. The van der Waals surface area contributed by atoms with E-state index in [2.05, 4.69) is 20.8 Å². The molecule has 17 heavy (non-hydrogen) atoms. The van der Waals surface area contributed by atoms with Crippen LogP contribution in [-0.2, 0) is 9.59 Å². The van der Waals surface area contributed by atoms with Crippen molar-refractivity contribution in [3.63, 3.8) is 0 Å². The van der Waals surface area contributed by atoms with Gasteiger partial charge in [0.15, 0.2) is 5.78 Å². The fourth-order valence-corrected chi connectivity index (χ4v) is 2.47. The van der Waals surface area contributed by atoms with Crippen LogP contribution >= 0.6 is 0 Å². The molecule has 1 aliphatic rings. The molecule has 1 aliphatic carbocycles. The summed E-state index contributed by atoms with van der Waals surface area (Å²) < 4.78 is 0. The summed E-state index contributed by atoms with van der Waals surface area (Å²) in [4.78, 5) is 23.8. The van der Waals surface area contributed by atoms with Gasteiger partial charge in [-0.05, 0) is 44.1 Å². The molecular formula is C15H24O2. The number of rotatable bonds is 2. The fraction of sp³-hybridized carbons (Fsp3) is 0.733. The van der Waals surface area contributed by atoms with Crippen LogP contribution in [0.25, 0.3) is 0 Å². The van der Waals surface area contributed by atoms with Crippen molar-refractivity contribution in [3.8, 4) is 0 Å². The van der Waals surface area contributed by atoms with E-state index in [1.54, 1.807) is 6.08 Å². The van der Waals surface area contributed by atoms with Crippen molar-refractivity contribution >= 4 is 11.6 Å². The van der Waals surface area contributed by atoms with Gasteiger partial charge in [0, 0.05) is 6.42 Å². The summed E-state index contributed by atoms with van der Waals surface area (Å²) in [5.74, 6) is 0.222. The highest BCUT2D eigenvalue weighted by Gasteiger charge is 2.37. The Labute approximate surface area is 104 Å². The second kappa shape index (κ2) is 5.16. The predicted molar refractivity (Wildman–Crippen MR) is 69.7 cm³/mol. The average Bonchev–Trinajstić information content (AvgIpc) is 2.15. The van der Waals surface area contributed by atoms with E-state index >= 15 is 0 Å². The van der Waals surface area contributed by atoms with Crippen LogP contribution < -0.4 is 0 Å². The molecule has 0 heterocycles. The Morgan fingerprint density at radius 3 is 2.35 bits per heavy atom. The van der Waals surface area contributed by atoms with E-state index < -0.39 is 0 Å². The minimum Gasteiger partial charge on any atom is -0.299 e. The standard InChI is InChI=1S/C15H24O2/c1-10(2)8-14(17)12-9-11(15(3,4)5)6-7-13(12)16/h8,11-12H,6-7,9H2,1-5H3. The van der Waals surface area contributed by atoms with Gasteiger partial charge in [-0.2, -0.15) is 0 Å². The lowest BCUT2D eigenvalue weighted by atomic mass is 9.68. The van der Waals surface area contributed by atoms with Crippen LogP contribution in [0.15, 0.2) is 11.6 Å². The third kappa shape index (κ3) is 3.79. The Bertz CT molecular complexity index is 340. The molecule has 0 aromatic heterocycles. The van der Waals surface area contributed by atoms with Crippen molar-refractivity contribution < 1.29 is 9.59 Å². The van der Waals surface area contributed by atoms with E-state index in [-0.39, 0.29) is 22.9 Å². The average molecular weight is 236 g/mol. The molecule has 2 unspecified atom stereocenters. The summed E-state index contributed by atoms with van der Waals surface area (Å²) >= 11 is 0. The smallest absolute Gasteiger partial charge is 0.166 e. The molecule has 0 bridgehead atoms. The van der Waals surface area contributed by atoms with Gasteiger partial charge in [-0.15, -0.1) is 0 Å². The van der Waals surface area contributed by atoms with Gasteiger partial charge in [0.1, 0.15) is 5.78 Å². The molecule has 96 valence electrons. The normalized spacial score (nSPS) is 25.6. The number of hydrogen-bond donors (Lipinski definition) is 0. The quantitative estimate of drug-likeness (QED) is 0.542. The molecule has 0 saturated heterocycles. The van der Waals surface area contributed by atoms with Crippen molar-refractivity contribution in [3.05, 3.63) is 11.6 Å². The number of ketones is 2. The van der Waals surface area contributed by atoms with Gasteiger partial charge in [0.25, 0.3) is 0 Å². The number of carbonyl (C=O) groups excluding carboxylic acids is 2. The Hall–Kier alpha value is -0.920. The molecule has 2 heteroatoms. The van der Waals surface area contributed by atoms with Crippen molar-refractivity contribution in [1.82, 2.24) is 0 Å². The third-order valence-electron chi connectivity index (χ3n) is 3.65. The highest BCUT2D eigenvalue weighted by Crippen LogP contribution is 2.39. The summed E-state index contributed by atoms with van der Waals surface area (Å²) in [5, 5.41) is 0. The van der Waals surface area contributed by atoms with E-state index in [1.165, 1.54) is 0 Å². The van der Waals surface area contributed by atoms with Gasteiger partial charge in [-0.25, -0.2) is 0 Å². The second-order valence-electron chi connectivity index (χ2n) is 6.48. The summed E-state index contributed by atoms with van der Waals surface area (Å²) in [6.45, 7) is 10.4. The highest BCUT2D eigenvalue weighted by atomic mass is 16.1. The summed E-state index contributed by atoms with van der Waals surface area (Å²) in [6, 6.07) is 0. The zero-order chi connectivity index (χ0) is 13.2. The van der Waals surface area contributed by atoms with Gasteiger partial charge in [0.2, 0.25) is 0 Å². The van der Waals surface area contributed by atoms with Crippen LogP contribution in [0, 0.1) is 17.3 Å². The van der Waals surface area contributed by atoms with Gasteiger partial charge >= 0.3 is 0 Å². The van der Waals surface area contributed by atoms with Gasteiger partial charge in [-0.1, -0.05) is 26.3 Å². The van der Waals surface area contributed by atoms with E-state index in [0.29, 0.717) is 12.3 Å². The molecule has 0 aromatic carbocycles.